The maximum Gasteiger partial charge on any atom is 0.0540 e. The van der Waals surface area contributed by atoms with Crippen LogP contribution in [0.1, 0.15) is 52.9 Å². The Morgan fingerprint density at radius 1 is 0.327 bits per heavy atom. The van der Waals surface area contributed by atoms with Crippen molar-refractivity contribution in [1.29, 1.82) is 0 Å². The number of benzene rings is 16. The number of hydrogen-bond acceptors (Lipinski definition) is 0. The van der Waals surface area contributed by atoms with Crippen LogP contribution in [0.15, 0.2) is 346 Å². The van der Waals surface area contributed by atoms with E-state index in [2.05, 4.69) is 391 Å². The lowest BCUT2D eigenvalue weighted by molar-refractivity contribution is 1.04. The van der Waals surface area contributed by atoms with Gasteiger partial charge in [0, 0.05) is 16.8 Å². The summed E-state index contributed by atoms with van der Waals surface area (Å²) in [5, 5.41) is 15.8. The topological polar surface area (TPSA) is 4.93 Å². The molecule has 1 nitrogen and oxygen atoms in total. The maximum absolute atomic E-state index is 4.48. The molecule has 0 radical (unpaired) electrons. The van der Waals surface area contributed by atoms with Crippen molar-refractivity contribution in [2.75, 3.05) is 0 Å². The lowest BCUT2D eigenvalue weighted by Gasteiger charge is -2.21. The van der Waals surface area contributed by atoms with Gasteiger partial charge < -0.3 is 4.57 Å². The summed E-state index contributed by atoms with van der Waals surface area (Å²) >= 11 is 0. The van der Waals surface area contributed by atoms with E-state index in [0.717, 1.165) is 44.6 Å². The fraction of sp³-hybridized carbons (Fsp3) is 0.0400. The van der Waals surface area contributed by atoms with E-state index in [1.807, 2.05) is 6.08 Å². The van der Waals surface area contributed by atoms with Crippen LogP contribution < -0.4 is 0 Å². The van der Waals surface area contributed by atoms with Crippen LogP contribution in [0.5, 0.6) is 0 Å². The Morgan fingerprint density at radius 2 is 0.772 bits per heavy atom. The summed E-state index contributed by atoms with van der Waals surface area (Å²) in [7, 11) is 0. The van der Waals surface area contributed by atoms with Crippen LogP contribution in [0.4, 0.5) is 0 Å². The smallest absolute Gasteiger partial charge is 0.0540 e. The molecular formula is C100H73N. The van der Waals surface area contributed by atoms with Gasteiger partial charge >= 0.3 is 0 Å². The molecule has 0 amide bonds. The van der Waals surface area contributed by atoms with Crippen molar-refractivity contribution < 1.29 is 0 Å². The summed E-state index contributed by atoms with van der Waals surface area (Å²) in [6.45, 7) is 13.3. The lowest BCUT2D eigenvalue weighted by Crippen LogP contribution is -1.97. The second-order valence-electron chi connectivity index (χ2n) is 26.7. The Kier molecular flexibility index (Phi) is 16.1. The van der Waals surface area contributed by atoms with E-state index >= 15 is 0 Å². The molecule has 0 unspecified atom stereocenters. The molecule has 0 saturated carbocycles. The number of fused-ring (bicyclic) bond motifs is 7. The van der Waals surface area contributed by atoms with Gasteiger partial charge in [-0.2, -0.15) is 0 Å². The molecule has 1 aromatic heterocycles. The monoisotopic (exact) mass is 1290 g/mol. The first kappa shape index (κ1) is 61.9. The van der Waals surface area contributed by atoms with E-state index in [-0.39, 0.29) is 0 Å². The first-order valence-electron chi connectivity index (χ1n) is 35.1. The number of aromatic nitrogens is 1. The third kappa shape index (κ3) is 11.3. The molecule has 1 heteroatoms. The van der Waals surface area contributed by atoms with E-state index in [1.165, 1.54) is 154 Å². The first-order chi connectivity index (χ1) is 49.7. The van der Waals surface area contributed by atoms with Gasteiger partial charge in [0.05, 0.1) is 5.52 Å². The number of para-hydroxylation sites is 1. The molecular weight excluding hydrogens is 1220 g/mol. The Hall–Kier alpha value is -12.7. The van der Waals surface area contributed by atoms with Crippen LogP contribution in [0.25, 0.3) is 178 Å². The van der Waals surface area contributed by atoms with Gasteiger partial charge in [-0.25, -0.2) is 0 Å². The minimum Gasteiger partial charge on any atom is -0.314 e. The molecule has 16 aromatic carbocycles. The number of aryl methyl sites for hydroxylation is 1. The summed E-state index contributed by atoms with van der Waals surface area (Å²) in [4.78, 5) is 0. The Morgan fingerprint density at radius 3 is 1.41 bits per heavy atom. The number of allylic oxidation sites excluding steroid dienone is 5. The van der Waals surface area contributed by atoms with Crippen molar-refractivity contribution in [3.63, 3.8) is 0 Å². The molecule has 0 saturated heterocycles. The Bertz CT molecular complexity index is 6250. The molecule has 0 bridgehead atoms. The van der Waals surface area contributed by atoms with Gasteiger partial charge in [0.2, 0.25) is 0 Å². The highest BCUT2D eigenvalue weighted by molar-refractivity contribution is 6.24. The fourth-order valence-corrected chi connectivity index (χ4v) is 15.8. The SMILES string of the molecule is C=CC(=C(C)C=CC)c1c2ccccc2c(-c2ccc(C=Cc3ccc(-c4ccccc4)c4ccccc34)cc2)c2cc(-c3ccc4c(-c5ccc(C=Cc6ccc(-c7ccc8ccccc8c7)cc6)cc5)c5ccccc5c(-c5ccc6c(C)c(C)n(-c7ccccc7)c6c5)c4c3)ccc12. The summed E-state index contributed by atoms with van der Waals surface area (Å²) in [5.74, 6) is 0. The standard InChI is InChI=1S/C100H73N/c1-6-22-65(3)83(7-2)100-91-34-21-20-33-90(91)98(76-49-42-70(43-50-76)39-46-74-53-58-86(73-24-10-8-11-25-73)87-30-17-16-29-85(74)87)95-63-80(55-60-93(95)100)79-54-59-92-94(62-79)99(81-56-57-84-66(4)67(5)101(96(84)64-81)82-27-12-9-13-28-82)89-32-19-18-31-88(89)97(92)75-47-40-69(41-48-75)36-35-68-37-44-72(45-38-68)78-52-51-71-23-14-15-26-77(71)61-78/h6-64H,2H2,1,3-5H3. The normalized spacial score (nSPS) is 12.2. The van der Waals surface area contributed by atoms with Crippen molar-refractivity contribution in [1.82, 2.24) is 4.57 Å². The second-order valence-corrected chi connectivity index (χ2v) is 26.7. The molecule has 1 heterocycles. The molecule has 0 fully saturated rings. The van der Waals surface area contributed by atoms with E-state index in [4.69, 9.17) is 0 Å². The molecule has 101 heavy (non-hydrogen) atoms. The molecule has 0 aliphatic heterocycles. The number of rotatable bonds is 14. The Labute approximate surface area is 591 Å². The van der Waals surface area contributed by atoms with Gasteiger partial charge in [0.1, 0.15) is 0 Å². The van der Waals surface area contributed by atoms with Crippen molar-refractivity contribution >= 4 is 105 Å². The quantitative estimate of drug-likeness (QED) is 0.0581. The Balaban J connectivity index is 0.816. The molecule has 17 rings (SSSR count). The van der Waals surface area contributed by atoms with E-state index in [0.29, 0.717) is 0 Å². The summed E-state index contributed by atoms with van der Waals surface area (Å²) in [5.41, 5.74) is 27.3. The van der Waals surface area contributed by atoms with E-state index in [1.54, 1.807) is 0 Å². The molecule has 0 aliphatic carbocycles. The van der Waals surface area contributed by atoms with Crippen LogP contribution in [0.3, 0.4) is 0 Å². The second kappa shape index (κ2) is 26.3. The van der Waals surface area contributed by atoms with Gasteiger partial charge in [0.15, 0.2) is 0 Å². The molecule has 0 N–H and O–H groups in total. The fourth-order valence-electron chi connectivity index (χ4n) is 15.8. The van der Waals surface area contributed by atoms with Crippen molar-refractivity contribution in [2.45, 2.75) is 27.7 Å². The zero-order valence-corrected chi connectivity index (χ0v) is 57.2. The molecule has 17 aromatic rings. The predicted octanol–water partition coefficient (Wildman–Crippen LogP) is 28.0. The highest BCUT2D eigenvalue weighted by Gasteiger charge is 2.23. The van der Waals surface area contributed by atoms with Crippen molar-refractivity contribution in [3.8, 4) is 72.4 Å². The maximum atomic E-state index is 4.48. The average molecular weight is 1290 g/mol. The van der Waals surface area contributed by atoms with Crippen LogP contribution in [-0.4, -0.2) is 4.57 Å². The van der Waals surface area contributed by atoms with Gasteiger partial charge in [-0.1, -0.05) is 328 Å². The van der Waals surface area contributed by atoms with Gasteiger partial charge in [-0.15, -0.1) is 0 Å². The minimum absolute atomic E-state index is 1.12. The number of hydrogen-bond donors (Lipinski definition) is 0. The summed E-state index contributed by atoms with van der Waals surface area (Å²) < 4.78 is 2.44. The van der Waals surface area contributed by atoms with Crippen molar-refractivity contribution in [3.05, 3.63) is 385 Å². The summed E-state index contributed by atoms with van der Waals surface area (Å²) in [6.07, 6.45) is 15.3. The van der Waals surface area contributed by atoms with Gasteiger partial charge in [-0.3, -0.25) is 0 Å². The highest BCUT2D eigenvalue weighted by Crippen LogP contribution is 2.49. The lowest BCUT2D eigenvalue weighted by atomic mass is 9.82. The third-order valence-corrected chi connectivity index (χ3v) is 20.9. The zero-order valence-electron chi connectivity index (χ0n) is 57.2. The van der Waals surface area contributed by atoms with E-state index < -0.39 is 0 Å². The zero-order chi connectivity index (χ0) is 68.1. The van der Waals surface area contributed by atoms with Crippen LogP contribution >= 0.6 is 0 Å². The summed E-state index contributed by atoms with van der Waals surface area (Å²) in [6, 6.07) is 117. The molecule has 0 atom stereocenters. The van der Waals surface area contributed by atoms with Gasteiger partial charge in [-0.05, 0) is 240 Å². The van der Waals surface area contributed by atoms with E-state index in [9.17, 15) is 0 Å². The third-order valence-electron chi connectivity index (χ3n) is 20.9. The highest BCUT2D eigenvalue weighted by atomic mass is 15.0. The largest absolute Gasteiger partial charge is 0.314 e. The number of nitrogens with zero attached hydrogens (tertiary/aromatic N) is 1. The van der Waals surface area contributed by atoms with Crippen LogP contribution in [0.2, 0.25) is 0 Å². The van der Waals surface area contributed by atoms with Crippen LogP contribution in [-0.2, 0) is 0 Å². The van der Waals surface area contributed by atoms with Crippen LogP contribution in [0, 0.1) is 13.8 Å². The predicted molar refractivity (Wildman–Crippen MR) is 439 cm³/mol. The van der Waals surface area contributed by atoms with Crippen molar-refractivity contribution in [2.24, 2.45) is 0 Å². The van der Waals surface area contributed by atoms with Gasteiger partial charge in [0.25, 0.3) is 0 Å². The molecule has 0 aliphatic rings. The minimum atomic E-state index is 1.12. The first-order valence-corrected chi connectivity index (χ1v) is 35.1. The average Bonchev–Trinajstić information content (AvgIpc) is 1.13. The molecule has 0 spiro atoms. The molecule has 478 valence electrons.